The van der Waals surface area contributed by atoms with Crippen LogP contribution in [0.5, 0.6) is 5.75 Å². The third-order valence-electron chi connectivity index (χ3n) is 4.67. The molecule has 5 nitrogen and oxygen atoms in total. The van der Waals surface area contributed by atoms with Gasteiger partial charge < -0.3 is 9.47 Å². The van der Waals surface area contributed by atoms with Crippen molar-refractivity contribution in [2.75, 3.05) is 6.61 Å². The third kappa shape index (κ3) is 5.43. The smallest absolute Gasteiger partial charge is 0.406 e. The highest BCUT2D eigenvalue weighted by Crippen LogP contribution is 2.31. The molecule has 0 aliphatic heterocycles. The molecule has 33 heavy (non-hydrogen) atoms. The van der Waals surface area contributed by atoms with Gasteiger partial charge >= 0.3 is 12.5 Å². The summed E-state index contributed by atoms with van der Waals surface area (Å²) >= 11 is 0. The Hall–Kier alpha value is -3.60. The van der Waals surface area contributed by atoms with Crippen LogP contribution in [0.15, 0.2) is 66.9 Å². The minimum Gasteiger partial charge on any atom is -0.406 e. The molecule has 0 spiro atoms. The molecule has 0 aliphatic rings. The van der Waals surface area contributed by atoms with E-state index in [4.69, 9.17) is 4.74 Å². The van der Waals surface area contributed by atoms with E-state index in [2.05, 4.69) is 14.9 Å². The van der Waals surface area contributed by atoms with Gasteiger partial charge in [-0.25, -0.2) is 4.39 Å². The molecule has 0 unspecified atom stereocenters. The summed E-state index contributed by atoms with van der Waals surface area (Å²) < 4.78 is 89.0. The maximum absolute atomic E-state index is 14.7. The summed E-state index contributed by atoms with van der Waals surface area (Å²) in [5.41, 5.74) is 1.65. The third-order valence-corrected chi connectivity index (χ3v) is 4.67. The molecule has 0 atom stereocenters. The molecular formula is C22H15F6N3O2. The number of hydrogen-bond donors (Lipinski definition) is 0. The van der Waals surface area contributed by atoms with E-state index in [0.717, 1.165) is 16.5 Å². The number of alkyl halides is 5. The summed E-state index contributed by atoms with van der Waals surface area (Å²) in [5, 5.41) is 7.25. The summed E-state index contributed by atoms with van der Waals surface area (Å²) in [6.07, 6.45) is -7.13. The van der Waals surface area contributed by atoms with Crippen molar-refractivity contribution in [3.63, 3.8) is 0 Å². The van der Waals surface area contributed by atoms with Gasteiger partial charge in [0.25, 0.3) is 0 Å². The second kappa shape index (κ2) is 8.74. The van der Waals surface area contributed by atoms with Crippen LogP contribution in [0.4, 0.5) is 26.3 Å². The number of pyridine rings is 1. The largest absolute Gasteiger partial charge is 0.573 e. The highest BCUT2D eigenvalue weighted by atomic mass is 19.4. The highest BCUT2D eigenvalue weighted by molar-refractivity contribution is 5.65. The van der Waals surface area contributed by atoms with Gasteiger partial charge in [0.15, 0.2) is 5.65 Å². The summed E-state index contributed by atoms with van der Waals surface area (Å²) in [4.78, 5) is 0. The first kappa shape index (κ1) is 22.6. The number of rotatable bonds is 7. The standard InChI is InChI=1S/C22H15F6N3O2/c23-17-6-1-14(2-7-17)11-12-32-21(24,25)20-30-29-19-10-5-16(13-31(19)20)15-3-8-18(9-4-15)33-22(26,27)28/h1-10,13H,11-12H2. The molecule has 0 bridgehead atoms. The van der Waals surface area contributed by atoms with Gasteiger partial charge in [0, 0.05) is 6.20 Å². The van der Waals surface area contributed by atoms with Crippen LogP contribution in [0.2, 0.25) is 0 Å². The van der Waals surface area contributed by atoms with Crippen molar-refractivity contribution in [3.8, 4) is 16.9 Å². The fourth-order valence-corrected chi connectivity index (χ4v) is 3.12. The van der Waals surface area contributed by atoms with Crippen LogP contribution in [0, 0.1) is 5.82 Å². The summed E-state index contributed by atoms with van der Waals surface area (Å²) in [6, 6.07) is 13.4. The van der Waals surface area contributed by atoms with Gasteiger partial charge in [0.1, 0.15) is 11.6 Å². The first-order valence-corrected chi connectivity index (χ1v) is 9.58. The van der Waals surface area contributed by atoms with Gasteiger partial charge in [-0.2, -0.15) is 8.78 Å². The van der Waals surface area contributed by atoms with E-state index in [1.54, 1.807) is 6.07 Å². The van der Waals surface area contributed by atoms with Crippen molar-refractivity contribution >= 4 is 5.65 Å². The Labute approximate surface area is 183 Å². The summed E-state index contributed by atoms with van der Waals surface area (Å²) in [6.45, 7) is -0.353. The van der Waals surface area contributed by atoms with Gasteiger partial charge in [0.05, 0.1) is 6.61 Å². The Kier molecular flexibility index (Phi) is 5.98. The molecule has 0 saturated heterocycles. The van der Waals surface area contributed by atoms with Crippen LogP contribution in [0.3, 0.4) is 0 Å². The maximum atomic E-state index is 14.7. The molecule has 4 aromatic rings. The lowest BCUT2D eigenvalue weighted by Gasteiger charge is -2.15. The van der Waals surface area contributed by atoms with Crippen molar-refractivity contribution in [1.29, 1.82) is 0 Å². The first-order valence-electron chi connectivity index (χ1n) is 9.58. The minimum absolute atomic E-state index is 0.129. The van der Waals surface area contributed by atoms with Crippen molar-refractivity contribution in [2.24, 2.45) is 0 Å². The number of halogens is 6. The van der Waals surface area contributed by atoms with Gasteiger partial charge in [-0.3, -0.25) is 4.40 Å². The van der Waals surface area contributed by atoms with E-state index in [1.807, 2.05) is 0 Å². The topological polar surface area (TPSA) is 48.7 Å². The van der Waals surface area contributed by atoms with E-state index in [-0.39, 0.29) is 18.7 Å². The molecule has 11 heteroatoms. The Bertz CT molecular complexity index is 1240. The fraction of sp³-hybridized carbons (Fsp3) is 0.182. The number of nitrogens with zero attached hydrogens (tertiary/aromatic N) is 3. The van der Waals surface area contributed by atoms with Crippen LogP contribution < -0.4 is 4.74 Å². The van der Waals surface area contributed by atoms with Gasteiger partial charge in [0.2, 0.25) is 5.82 Å². The van der Waals surface area contributed by atoms with Crippen LogP contribution >= 0.6 is 0 Å². The lowest BCUT2D eigenvalue weighted by Crippen LogP contribution is -2.23. The maximum Gasteiger partial charge on any atom is 0.573 e. The molecular weight excluding hydrogens is 452 g/mol. The normalized spacial score (nSPS) is 12.3. The first-order chi connectivity index (χ1) is 15.6. The molecule has 172 valence electrons. The second-order valence-electron chi connectivity index (χ2n) is 6.98. The van der Waals surface area contributed by atoms with Crippen molar-refractivity contribution in [1.82, 2.24) is 14.6 Å². The molecule has 2 aromatic carbocycles. The average Bonchev–Trinajstić information content (AvgIpc) is 3.19. The van der Waals surface area contributed by atoms with Gasteiger partial charge in [-0.05, 0) is 59.5 Å². The monoisotopic (exact) mass is 467 g/mol. The number of ether oxygens (including phenoxy) is 2. The molecule has 2 aromatic heterocycles. The number of benzene rings is 2. The van der Waals surface area contributed by atoms with Gasteiger partial charge in [-0.1, -0.05) is 24.3 Å². The number of aromatic nitrogens is 3. The van der Waals surface area contributed by atoms with E-state index in [9.17, 15) is 26.3 Å². The lowest BCUT2D eigenvalue weighted by molar-refractivity contribution is -0.274. The Morgan fingerprint density at radius 2 is 1.45 bits per heavy atom. The zero-order valence-corrected chi connectivity index (χ0v) is 16.7. The van der Waals surface area contributed by atoms with E-state index in [0.29, 0.717) is 16.7 Å². The van der Waals surface area contributed by atoms with E-state index < -0.39 is 29.9 Å². The Morgan fingerprint density at radius 3 is 2.12 bits per heavy atom. The fourth-order valence-electron chi connectivity index (χ4n) is 3.12. The van der Waals surface area contributed by atoms with Crippen molar-refractivity contribution < 1.29 is 35.8 Å². The predicted octanol–water partition coefficient (Wildman–Crippen LogP) is 5.74. The Morgan fingerprint density at radius 1 is 0.788 bits per heavy atom. The zero-order valence-electron chi connectivity index (χ0n) is 16.7. The van der Waals surface area contributed by atoms with E-state index in [1.165, 1.54) is 48.7 Å². The summed E-state index contributed by atoms with van der Waals surface area (Å²) in [5.74, 6) is -1.59. The molecule has 0 N–H and O–H groups in total. The molecule has 2 heterocycles. The molecule has 0 amide bonds. The molecule has 0 saturated carbocycles. The summed E-state index contributed by atoms with van der Waals surface area (Å²) in [7, 11) is 0. The zero-order chi connectivity index (χ0) is 23.6. The minimum atomic E-state index is -4.82. The molecule has 0 radical (unpaired) electrons. The number of hydrogen-bond acceptors (Lipinski definition) is 4. The second-order valence-corrected chi connectivity index (χ2v) is 6.98. The molecule has 0 fully saturated rings. The quantitative estimate of drug-likeness (QED) is 0.325. The van der Waals surface area contributed by atoms with Crippen molar-refractivity contribution in [2.45, 2.75) is 18.9 Å². The molecule has 0 aliphatic carbocycles. The van der Waals surface area contributed by atoms with Crippen LogP contribution in [-0.4, -0.2) is 27.6 Å². The van der Waals surface area contributed by atoms with Crippen LogP contribution in [0.1, 0.15) is 11.4 Å². The van der Waals surface area contributed by atoms with Gasteiger partial charge in [-0.15, -0.1) is 23.4 Å². The van der Waals surface area contributed by atoms with Crippen LogP contribution in [0.25, 0.3) is 16.8 Å². The van der Waals surface area contributed by atoms with Crippen LogP contribution in [-0.2, 0) is 17.3 Å². The average molecular weight is 467 g/mol. The highest BCUT2D eigenvalue weighted by Gasteiger charge is 2.38. The molecule has 4 rings (SSSR count). The predicted molar refractivity (Wildman–Crippen MR) is 105 cm³/mol. The van der Waals surface area contributed by atoms with E-state index >= 15 is 0 Å². The Balaban J connectivity index is 1.52. The lowest BCUT2D eigenvalue weighted by atomic mass is 10.1. The number of fused-ring (bicyclic) bond motifs is 1. The van der Waals surface area contributed by atoms with Crippen molar-refractivity contribution in [3.05, 3.63) is 84.1 Å². The SMILES string of the molecule is Fc1ccc(CCOC(F)(F)c2nnc3ccc(-c4ccc(OC(F)(F)F)cc4)cn23)cc1.